The second kappa shape index (κ2) is 7.32. The molecule has 25 heavy (non-hydrogen) atoms. The van der Waals surface area contributed by atoms with Crippen molar-refractivity contribution in [2.75, 3.05) is 10.6 Å². The summed E-state index contributed by atoms with van der Waals surface area (Å²) in [5.74, 6) is 0.275. The molecule has 2 aromatic rings. The number of rotatable bonds is 5. The number of nitrogens with one attached hydrogen (secondary N) is 2. The normalized spacial score (nSPS) is 20.3. The van der Waals surface area contributed by atoms with Crippen molar-refractivity contribution >= 4 is 34.1 Å². The largest absolute Gasteiger partial charge is 0.364 e. The van der Waals surface area contributed by atoms with Crippen LogP contribution < -0.4 is 22.1 Å². The average Bonchev–Trinajstić information content (AvgIpc) is 2.89. The number of carbonyl (C=O) groups is 1. The molecule has 9 heteroatoms. The molecule has 0 saturated heterocycles. The van der Waals surface area contributed by atoms with E-state index < -0.39 is 5.91 Å². The van der Waals surface area contributed by atoms with Gasteiger partial charge in [0.05, 0.1) is 11.9 Å². The third-order valence-electron chi connectivity index (χ3n) is 4.55. The van der Waals surface area contributed by atoms with Crippen LogP contribution in [0.2, 0.25) is 0 Å². The van der Waals surface area contributed by atoms with E-state index in [1.165, 1.54) is 17.7 Å². The van der Waals surface area contributed by atoms with E-state index in [-0.39, 0.29) is 17.8 Å². The predicted octanol–water partition coefficient (Wildman–Crippen LogP) is 2.07. The van der Waals surface area contributed by atoms with Crippen molar-refractivity contribution in [3.05, 3.63) is 23.1 Å². The zero-order valence-corrected chi connectivity index (χ0v) is 15.2. The predicted molar refractivity (Wildman–Crippen MR) is 99.3 cm³/mol. The van der Waals surface area contributed by atoms with E-state index in [0.717, 1.165) is 41.9 Å². The van der Waals surface area contributed by atoms with Crippen LogP contribution in [0.3, 0.4) is 0 Å². The molecular weight excluding hydrogens is 338 g/mol. The van der Waals surface area contributed by atoms with Crippen LogP contribution in [0, 0.1) is 13.8 Å². The van der Waals surface area contributed by atoms with Crippen LogP contribution in [0.25, 0.3) is 0 Å². The molecule has 8 nitrogen and oxygen atoms in total. The lowest BCUT2D eigenvalue weighted by atomic mass is 9.91. The summed E-state index contributed by atoms with van der Waals surface area (Å²) in [5, 5.41) is 7.30. The van der Waals surface area contributed by atoms with Gasteiger partial charge in [-0.3, -0.25) is 4.79 Å². The molecule has 1 saturated carbocycles. The quantitative estimate of drug-likeness (QED) is 0.641. The molecule has 1 aliphatic carbocycles. The highest BCUT2D eigenvalue weighted by atomic mass is 32.1. The van der Waals surface area contributed by atoms with Crippen LogP contribution in [0.1, 0.15) is 47.4 Å². The number of nitrogens with zero attached hydrogens (tertiary/aromatic N) is 3. The number of amides is 1. The van der Waals surface area contributed by atoms with E-state index in [1.807, 2.05) is 13.8 Å². The van der Waals surface area contributed by atoms with Crippen molar-refractivity contribution in [2.24, 2.45) is 11.5 Å². The van der Waals surface area contributed by atoms with E-state index >= 15 is 0 Å². The van der Waals surface area contributed by atoms with Crippen molar-refractivity contribution in [1.29, 1.82) is 0 Å². The first-order valence-corrected chi connectivity index (χ1v) is 9.12. The summed E-state index contributed by atoms with van der Waals surface area (Å²) in [6, 6.07) is 0.247. The van der Waals surface area contributed by atoms with Crippen LogP contribution in [0.15, 0.2) is 6.20 Å². The summed E-state index contributed by atoms with van der Waals surface area (Å²) in [5.41, 5.74) is 13.7. The Morgan fingerprint density at radius 1 is 1.32 bits per heavy atom. The Balaban J connectivity index is 1.86. The lowest BCUT2D eigenvalue weighted by Gasteiger charge is -2.29. The molecule has 1 fully saturated rings. The number of hydrogen-bond donors (Lipinski definition) is 4. The lowest BCUT2D eigenvalue weighted by Crippen LogP contribution is -2.42. The molecule has 1 aliphatic rings. The zero-order chi connectivity index (χ0) is 18.0. The average molecular weight is 361 g/mol. The molecule has 1 amide bonds. The van der Waals surface area contributed by atoms with Crippen LogP contribution in [0.4, 0.5) is 16.6 Å². The van der Waals surface area contributed by atoms with Crippen molar-refractivity contribution in [2.45, 2.75) is 51.6 Å². The monoisotopic (exact) mass is 361 g/mol. The molecule has 3 rings (SSSR count). The molecule has 2 heterocycles. The smallest absolute Gasteiger partial charge is 0.271 e. The Kier molecular flexibility index (Phi) is 5.14. The minimum Gasteiger partial charge on any atom is -0.364 e. The minimum atomic E-state index is -0.630. The molecule has 0 aromatic carbocycles. The van der Waals surface area contributed by atoms with Gasteiger partial charge in [0.25, 0.3) is 5.91 Å². The summed E-state index contributed by atoms with van der Waals surface area (Å²) < 4.78 is 4.30. The summed E-state index contributed by atoms with van der Waals surface area (Å²) >= 11 is 1.31. The number of carbonyl (C=O) groups excluding carboxylic acids is 1. The molecule has 0 unspecified atom stereocenters. The van der Waals surface area contributed by atoms with E-state index in [1.54, 1.807) is 0 Å². The molecule has 0 bridgehead atoms. The first kappa shape index (κ1) is 17.6. The van der Waals surface area contributed by atoms with Gasteiger partial charge in [-0.25, -0.2) is 9.97 Å². The molecule has 6 N–H and O–H groups in total. The highest BCUT2D eigenvalue weighted by Gasteiger charge is 2.23. The zero-order valence-electron chi connectivity index (χ0n) is 14.4. The van der Waals surface area contributed by atoms with E-state index in [9.17, 15) is 4.79 Å². The van der Waals surface area contributed by atoms with Crippen molar-refractivity contribution in [1.82, 2.24) is 14.3 Å². The summed E-state index contributed by atoms with van der Waals surface area (Å²) in [4.78, 5) is 20.4. The fourth-order valence-corrected chi connectivity index (χ4v) is 3.69. The summed E-state index contributed by atoms with van der Waals surface area (Å²) in [7, 11) is 0. The number of nitrogens with two attached hydrogens (primary N) is 2. The fourth-order valence-electron chi connectivity index (χ4n) is 2.89. The second-order valence-corrected chi connectivity index (χ2v) is 7.14. The number of aromatic nitrogens is 3. The molecule has 0 aliphatic heterocycles. The fraction of sp³-hybridized carbons (Fsp3) is 0.500. The van der Waals surface area contributed by atoms with E-state index in [4.69, 9.17) is 11.5 Å². The van der Waals surface area contributed by atoms with Gasteiger partial charge in [0, 0.05) is 17.6 Å². The third-order valence-corrected chi connectivity index (χ3v) is 5.50. The van der Waals surface area contributed by atoms with Gasteiger partial charge in [-0.1, -0.05) is 12.8 Å². The van der Waals surface area contributed by atoms with Crippen LogP contribution in [-0.2, 0) is 0 Å². The first-order valence-electron chi connectivity index (χ1n) is 8.34. The Bertz CT molecular complexity index is 776. The standard InChI is InChI=1S/C16H23N7OS/c1-8-9(2)23-25-16(8)22-15-13(14(18)24)19-7-12(21-15)20-11-6-4-3-5-10(11)17/h7,10-11H,3-6,17H2,1-2H3,(H2,18,24)(H2,20,21,22)/t10-,11+/m0/s1. The Morgan fingerprint density at radius 2 is 2.08 bits per heavy atom. The highest BCUT2D eigenvalue weighted by molar-refractivity contribution is 7.10. The Labute approximate surface area is 150 Å². The molecule has 0 radical (unpaired) electrons. The molecule has 2 atom stereocenters. The van der Waals surface area contributed by atoms with Gasteiger partial charge in [-0.15, -0.1) is 0 Å². The summed E-state index contributed by atoms with van der Waals surface area (Å²) in [6.07, 6.45) is 5.81. The first-order chi connectivity index (χ1) is 12.0. The maximum Gasteiger partial charge on any atom is 0.271 e. The number of anilines is 3. The van der Waals surface area contributed by atoms with Gasteiger partial charge in [-0.05, 0) is 38.2 Å². The molecular formula is C16H23N7OS. The highest BCUT2D eigenvalue weighted by Crippen LogP contribution is 2.28. The van der Waals surface area contributed by atoms with Gasteiger partial charge in [0.15, 0.2) is 11.5 Å². The minimum absolute atomic E-state index is 0.0918. The topological polar surface area (TPSA) is 132 Å². The molecule has 0 spiro atoms. The van der Waals surface area contributed by atoms with E-state index in [2.05, 4.69) is 25.0 Å². The van der Waals surface area contributed by atoms with Crippen LogP contribution in [-0.4, -0.2) is 32.3 Å². The Morgan fingerprint density at radius 3 is 2.72 bits per heavy atom. The van der Waals surface area contributed by atoms with Gasteiger partial charge < -0.3 is 22.1 Å². The van der Waals surface area contributed by atoms with E-state index in [0.29, 0.717) is 11.6 Å². The maximum atomic E-state index is 11.7. The van der Waals surface area contributed by atoms with Gasteiger partial charge in [-0.2, -0.15) is 4.37 Å². The van der Waals surface area contributed by atoms with Crippen molar-refractivity contribution in [3.63, 3.8) is 0 Å². The van der Waals surface area contributed by atoms with Gasteiger partial charge >= 0.3 is 0 Å². The second-order valence-electron chi connectivity index (χ2n) is 6.36. The molecule has 134 valence electrons. The van der Waals surface area contributed by atoms with Gasteiger partial charge in [0.2, 0.25) is 0 Å². The number of primary amides is 1. The van der Waals surface area contributed by atoms with Crippen LogP contribution in [0.5, 0.6) is 0 Å². The SMILES string of the molecule is Cc1nsc(Nc2nc(N[C@@H]3CCCC[C@@H]3N)cnc2C(N)=O)c1C. The van der Waals surface area contributed by atoms with Gasteiger partial charge in [0.1, 0.15) is 10.8 Å². The Hall–Kier alpha value is -2.26. The van der Waals surface area contributed by atoms with Crippen molar-refractivity contribution in [3.8, 4) is 0 Å². The summed E-state index contributed by atoms with van der Waals surface area (Å²) in [6.45, 7) is 3.89. The lowest BCUT2D eigenvalue weighted by molar-refractivity contribution is 0.0996. The maximum absolute atomic E-state index is 11.7. The molecule has 2 aromatic heterocycles. The number of hydrogen-bond acceptors (Lipinski definition) is 8. The third kappa shape index (κ3) is 3.88. The van der Waals surface area contributed by atoms with Crippen molar-refractivity contribution < 1.29 is 4.79 Å². The number of aryl methyl sites for hydroxylation is 1. The van der Waals surface area contributed by atoms with Crippen LogP contribution >= 0.6 is 11.5 Å².